The fraction of sp³-hybridized carbons (Fsp3) is 0.346. The molecule has 2 aromatic carbocycles. The highest BCUT2D eigenvalue weighted by Gasteiger charge is 2.23. The van der Waals surface area contributed by atoms with Gasteiger partial charge in [0, 0.05) is 25.5 Å². The molecule has 0 amide bonds. The van der Waals surface area contributed by atoms with Gasteiger partial charge in [0.1, 0.15) is 5.69 Å². The fourth-order valence-corrected chi connectivity index (χ4v) is 4.48. The second kappa shape index (κ2) is 9.40. The Morgan fingerprint density at radius 3 is 2.45 bits per heavy atom. The number of carbonyl (C=O) groups excluding carboxylic acids is 1. The minimum Gasteiger partial charge on any atom is -0.317 e. The maximum atomic E-state index is 13.1. The molecule has 0 saturated carbocycles. The Labute approximate surface area is 183 Å². The SMILES string of the molecule is Cc1ccccc1C(CC(=O)c1ccc(=O)n(C)n1)c1ccc(C2CCNCC2)cc1. The van der Waals surface area contributed by atoms with Gasteiger partial charge < -0.3 is 5.32 Å². The molecule has 1 unspecified atom stereocenters. The molecule has 1 saturated heterocycles. The maximum Gasteiger partial charge on any atom is 0.266 e. The molecule has 4 rings (SSSR count). The average molecular weight is 416 g/mol. The third-order valence-corrected chi connectivity index (χ3v) is 6.35. The smallest absolute Gasteiger partial charge is 0.266 e. The molecule has 1 aliphatic rings. The second-order valence-electron chi connectivity index (χ2n) is 8.41. The molecular weight excluding hydrogens is 386 g/mol. The topological polar surface area (TPSA) is 64.0 Å². The molecule has 1 N–H and O–H groups in total. The minimum atomic E-state index is -0.222. The van der Waals surface area contributed by atoms with Gasteiger partial charge in [0.15, 0.2) is 5.78 Å². The highest BCUT2D eigenvalue weighted by atomic mass is 16.1. The predicted octanol–water partition coefficient (Wildman–Crippen LogP) is 3.96. The second-order valence-corrected chi connectivity index (χ2v) is 8.41. The Kier molecular flexibility index (Phi) is 6.42. The van der Waals surface area contributed by atoms with Gasteiger partial charge in [0.25, 0.3) is 5.56 Å². The van der Waals surface area contributed by atoms with Crippen molar-refractivity contribution in [3.8, 4) is 0 Å². The van der Waals surface area contributed by atoms with Crippen LogP contribution in [0.2, 0.25) is 0 Å². The Bertz CT molecular complexity index is 1110. The number of Topliss-reactive ketones (excluding diaryl/α,β-unsaturated/α-hetero) is 1. The number of ketones is 1. The fourth-order valence-electron chi connectivity index (χ4n) is 4.48. The lowest BCUT2D eigenvalue weighted by Crippen LogP contribution is -2.26. The van der Waals surface area contributed by atoms with Crippen LogP contribution in [0, 0.1) is 6.92 Å². The number of hydrogen-bond acceptors (Lipinski definition) is 4. The summed E-state index contributed by atoms with van der Waals surface area (Å²) in [6, 6.07) is 20.0. The molecule has 1 aliphatic heterocycles. The minimum absolute atomic E-state index is 0.0604. The van der Waals surface area contributed by atoms with Gasteiger partial charge in [-0.3, -0.25) is 9.59 Å². The van der Waals surface area contributed by atoms with E-state index in [2.05, 4.69) is 53.7 Å². The van der Waals surface area contributed by atoms with Crippen molar-refractivity contribution in [1.82, 2.24) is 15.1 Å². The summed E-state index contributed by atoms with van der Waals surface area (Å²) in [5.74, 6) is 0.477. The Balaban J connectivity index is 1.64. The van der Waals surface area contributed by atoms with E-state index in [1.807, 2.05) is 12.1 Å². The van der Waals surface area contributed by atoms with Gasteiger partial charge in [-0.2, -0.15) is 5.10 Å². The zero-order chi connectivity index (χ0) is 21.8. The van der Waals surface area contributed by atoms with Crippen LogP contribution in [0.15, 0.2) is 65.5 Å². The normalized spacial score (nSPS) is 15.5. The molecule has 0 radical (unpaired) electrons. The van der Waals surface area contributed by atoms with Crippen molar-refractivity contribution >= 4 is 5.78 Å². The van der Waals surface area contributed by atoms with Crippen molar-refractivity contribution in [2.24, 2.45) is 7.05 Å². The number of carbonyl (C=O) groups is 1. The van der Waals surface area contributed by atoms with E-state index >= 15 is 0 Å². The molecule has 1 aromatic heterocycles. The Hall–Kier alpha value is -3.05. The van der Waals surface area contributed by atoms with Crippen LogP contribution < -0.4 is 10.9 Å². The summed E-state index contributed by atoms with van der Waals surface area (Å²) in [4.78, 5) is 24.8. The number of aryl methyl sites for hydroxylation is 2. The van der Waals surface area contributed by atoms with Crippen LogP contribution in [-0.4, -0.2) is 28.7 Å². The van der Waals surface area contributed by atoms with Crippen LogP contribution in [0.5, 0.6) is 0 Å². The standard InChI is InChI=1S/C26H29N3O2/c1-18-5-3-4-6-22(18)23(17-25(30)24-11-12-26(31)29(2)28-24)21-9-7-19(8-10-21)20-13-15-27-16-14-20/h3-12,20,23,27H,13-17H2,1-2H3. The number of nitrogens with zero attached hydrogens (tertiary/aromatic N) is 2. The van der Waals surface area contributed by atoms with Crippen molar-refractivity contribution in [3.05, 3.63) is 99.0 Å². The lowest BCUT2D eigenvalue weighted by molar-refractivity contribution is 0.0970. The predicted molar refractivity (Wildman–Crippen MR) is 123 cm³/mol. The number of piperidine rings is 1. The third kappa shape index (κ3) is 4.83. The van der Waals surface area contributed by atoms with E-state index in [4.69, 9.17) is 0 Å². The van der Waals surface area contributed by atoms with E-state index in [1.54, 1.807) is 7.05 Å². The molecule has 0 spiro atoms. The Morgan fingerprint density at radius 2 is 1.77 bits per heavy atom. The summed E-state index contributed by atoms with van der Waals surface area (Å²) in [6.45, 7) is 4.22. The van der Waals surface area contributed by atoms with E-state index < -0.39 is 0 Å². The molecule has 160 valence electrons. The van der Waals surface area contributed by atoms with E-state index in [-0.39, 0.29) is 17.3 Å². The summed E-state index contributed by atoms with van der Waals surface area (Å²) in [6.07, 6.45) is 2.64. The van der Waals surface area contributed by atoms with Gasteiger partial charge in [-0.05, 0) is 67.1 Å². The van der Waals surface area contributed by atoms with Crippen LogP contribution >= 0.6 is 0 Å². The number of aromatic nitrogens is 2. The summed E-state index contributed by atoms with van der Waals surface area (Å²) in [5, 5.41) is 7.58. The molecule has 5 nitrogen and oxygen atoms in total. The number of hydrogen-bond donors (Lipinski definition) is 1. The van der Waals surface area contributed by atoms with Gasteiger partial charge in [-0.25, -0.2) is 4.68 Å². The number of benzene rings is 2. The first kappa shape index (κ1) is 21.2. The van der Waals surface area contributed by atoms with Gasteiger partial charge in [-0.1, -0.05) is 48.5 Å². The molecular formula is C26H29N3O2. The molecule has 0 aliphatic carbocycles. The van der Waals surface area contributed by atoms with Crippen LogP contribution in [0.25, 0.3) is 0 Å². The van der Waals surface area contributed by atoms with Crippen molar-refractivity contribution in [2.75, 3.05) is 13.1 Å². The first-order chi connectivity index (χ1) is 15.0. The quantitative estimate of drug-likeness (QED) is 0.619. The summed E-state index contributed by atoms with van der Waals surface area (Å²) in [7, 11) is 1.57. The average Bonchev–Trinajstić information content (AvgIpc) is 2.80. The largest absolute Gasteiger partial charge is 0.317 e. The van der Waals surface area contributed by atoms with Crippen LogP contribution in [-0.2, 0) is 7.05 Å². The molecule has 1 fully saturated rings. The number of rotatable bonds is 6. The van der Waals surface area contributed by atoms with Crippen LogP contribution in [0.1, 0.15) is 63.8 Å². The molecule has 1 atom stereocenters. The van der Waals surface area contributed by atoms with E-state index in [1.165, 1.54) is 22.4 Å². The molecule has 31 heavy (non-hydrogen) atoms. The van der Waals surface area contributed by atoms with Crippen molar-refractivity contribution < 1.29 is 4.79 Å². The van der Waals surface area contributed by atoms with E-state index in [0.717, 1.165) is 42.6 Å². The van der Waals surface area contributed by atoms with Crippen LogP contribution in [0.3, 0.4) is 0 Å². The highest BCUT2D eigenvalue weighted by Crippen LogP contribution is 2.33. The highest BCUT2D eigenvalue weighted by molar-refractivity contribution is 5.94. The van der Waals surface area contributed by atoms with Gasteiger partial charge in [0.2, 0.25) is 0 Å². The number of nitrogens with one attached hydrogen (secondary N) is 1. The van der Waals surface area contributed by atoms with Crippen molar-refractivity contribution in [2.45, 2.75) is 38.0 Å². The zero-order valence-electron chi connectivity index (χ0n) is 18.2. The lowest BCUT2D eigenvalue weighted by Gasteiger charge is -2.24. The first-order valence-corrected chi connectivity index (χ1v) is 11.0. The summed E-state index contributed by atoms with van der Waals surface area (Å²) >= 11 is 0. The van der Waals surface area contributed by atoms with Crippen LogP contribution in [0.4, 0.5) is 0 Å². The van der Waals surface area contributed by atoms with E-state index in [0.29, 0.717) is 18.0 Å². The van der Waals surface area contributed by atoms with Gasteiger partial charge in [-0.15, -0.1) is 0 Å². The zero-order valence-corrected chi connectivity index (χ0v) is 18.2. The lowest BCUT2D eigenvalue weighted by atomic mass is 9.82. The molecule has 5 heteroatoms. The first-order valence-electron chi connectivity index (χ1n) is 11.0. The molecule has 0 bridgehead atoms. The molecule has 3 aromatic rings. The Morgan fingerprint density at radius 1 is 1.06 bits per heavy atom. The molecule has 2 heterocycles. The van der Waals surface area contributed by atoms with Gasteiger partial charge in [0.05, 0.1) is 0 Å². The van der Waals surface area contributed by atoms with E-state index in [9.17, 15) is 9.59 Å². The van der Waals surface area contributed by atoms with Crippen molar-refractivity contribution in [3.63, 3.8) is 0 Å². The summed E-state index contributed by atoms with van der Waals surface area (Å²) in [5.41, 5.74) is 4.92. The maximum absolute atomic E-state index is 13.1. The summed E-state index contributed by atoms with van der Waals surface area (Å²) < 4.78 is 1.21. The monoisotopic (exact) mass is 415 g/mol. The van der Waals surface area contributed by atoms with Gasteiger partial charge >= 0.3 is 0 Å². The third-order valence-electron chi connectivity index (χ3n) is 6.35. The van der Waals surface area contributed by atoms with Crippen molar-refractivity contribution in [1.29, 1.82) is 0 Å².